The molecule has 3 N–H and O–H groups in total. The highest BCUT2D eigenvalue weighted by molar-refractivity contribution is 5.98. The first kappa shape index (κ1) is 17.6. The summed E-state index contributed by atoms with van der Waals surface area (Å²) >= 11 is 0. The van der Waals surface area contributed by atoms with Crippen LogP contribution in [0.4, 0.5) is 9.18 Å². The standard InChI is InChI=1S/C15H16FN5O5/c1-24-15(22)17-4-5-25-14-12(20-26-21-14)13(19-23)18-11-6-8-2-3-9(16)7-10(8)11/h2-3,7,11,23H,4-6H2,1H3,(H,17,22)(H,18,19)/t11-/m0/s1. The minimum atomic E-state index is -0.595. The van der Waals surface area contributed by atoms with E-state index in [1.165, 1.54) is 19.2 Å². The topological polar surface area (TPSA) is 131 Å². The molecule has 2 aromatic rings. The molecule has 1 aromatic heterocycles. The first-order valence-corrected chi connectivity index (χ1v) is 7.66. The van der Waals surface area contributed by atoms with Gasteiger partial charge in [-0.05, 0) is 40.0 Å². The molecule has 0 spiro atoms. The number of carbonyl (C=O) groups excluding carboxylic acids is 1. The predicted octanol–water partition coefficient (Wildman–Crippen LogP) is 0.966. The van der Waals surface area contributed by atoms with Crippen molar-refractivity contribution < 1.29 is 28.5 Å². The zero-order valence-corrected chi connectivity index (χ0v) is 13.7. The monoisotopic (exact) mass is 365 g/mol. The average Bonchev–Trinajstić information content (AvgIpc) is 3.09. The number of fused-ring (bicyclic) bond motifs is 1. The van der Waals surface area contributed by atoms with Crippen molar-refractivity contribution in [3.63, 3.8) is 0 Å². The number of benzene rings is 1. The van der Waals surface area contributed by atoms with E-state index in [4.69, 9.17) is 4.74 Å². The van der Waals surface area contributed by atoms with Gasteiger partial charge in [0.1, 0.15) is 12.4 Å². The maximum Gasteiger partial charge on any atom is 0.406 e. The van der Waals surface area contributed by atoms with Gasteiger partial charge in [0.05, 0.1) is 19.7 Å². The van der Waals surface area contributed by atoms with Gasteiger partial charge in [0.25, 0.3) is 5.88 Å². The lowest BCUT2D eigenvalue weighted by molar-refractivity contribution is 0.167. The van der Waals surface area contributed by atoms with Crippen LogP contribution in [-0.4, -0.2) is 47.7 Å². The fourth-order valence-electron chi connectivity index (χ4n) is 2.46. The summed E-state index contributed by atoms with van der Waals surface area (Å²) in [6.45, 7) is 0.222. The molecule has 0 saturated carbocycles. The van der Waals surface area contributed by atoms with Crippen LogP contribution in [0.2, 0.25) is 0 Å². The molecule has 1 amide bonds. The van der Waals surface area contributed by atoms with Gasteiger partial charge in [-0.3, -0.25) is 15.7 Å². The zero-order valence-electron chi connectivity index (χ0n) is 13.7. The molecule has 0 saturated heterocycles. The van der Waals surface area contributed by atoms with Crippen molar-refractivity contribution in [2.75, 3.05) is 20.3 Å². The maximum atomic E-state index is 13.4. The summed E-state index contributed by atoms with van der Waals surface area (Å²) in [7, 11) is 1.25. The van der Waals surface area contributed by atoms with Gasteiger partial charge in [0.15, 0.2) is 5.84 Å². The number of amidine groups is 1. The van der Waals surface area contributed by atoms with Crippen molar-refractivity contribution in [1.29, 1.82) is 0 Å². The smallest absolute Gasteiger partial charge is 0.406 e. The van der Waals surface area contributed by atoms with Gasteiger partial charge < -0.3 is 14.8 Å². The van der Waals surface area contributed by atoms with Crippen LogP contribution in [0, 0.1) is 5.82 Å². The Morgan fingerprint density at radius 1 is 1.50 bits per heavy atom. The largest absolute Gasteiger partial charge is 0.472 e. The molecular weight excluding hydrogens is 349 g/mol. The molecule has 1 atom stereocenters. The molecule has 0 aliphatic heterocycles. The number of ether oxygens (including phenoxy) is 2. The highest BCUT2D eigenvalue weighted by Crippen LogP contribution is 2.37. The molecule has 1 aliphatic carbocycles. The molecule has 138 valence electrons. The number of methoxy groups -OCH3 is 1. The minimum absolute atomic E-state index is 0.0178. The van der Waals surface area contributed by atoms with Crippen molar-refractivity contribution >= 4 is 11.9 Å². The molecule has 0 bridgehead atoms. The lowest BCUT2D eigenvalue weighted by Gasteiger charge is -2.27. The van der Waals surface area contributed by atoms with Crippen LogP contribution >= 0.6 is 0 Å². The van der Waals surface area contributed by atoms with E-state index in [1.54, 1.807) is 6.07 Å². The quantitative estimate of drug-likeness (QED) is 0.299. The molecule has 0 unspecified atom stereocenters. The lowest BCUT2D eigenvalue weighted by Crippen LogP contribution is -2.28. The van der Waals surface area contributed by atoms with Crippen LogP contribution < -0.4 is 15.5 Å². The summed E-state index contributed by atoms with van der Waals surface area (Å²) in [6, 6.07) is 4.16. The summed E-state index contributed by atoms with van der Waals surface area (Å²) in [5, 5.41) is 19.0. The number of hydroxylamine groups is 1. The van der Waals surface area contributed by atoms with Crippen LogP contribution in [0.1, 0.15) is 22.9 Å². The average molecular weight is 365 g/mol. The fraction of sp³-hybridized carbons (Fsp3) is 0.333. The van der Waals surface area contributed by atoms with E-state index in [2.05, 4.69) is 30.0 Å². The van der Waals surface area contributed by atoms with Gasteiger partial charge in [-0.1, -0.05) is 6.07 Å². The molecule has 1 aliphatic rings. The van der Waals surface area contributed by atoms with E-state index in [0.29, 0.717) is 6.42 Å². The molecule has 1 aromatic carbocycles. The van der Waals surface area contributed by atoms with E-state index in [0.717, 1.165) is 11.1 Å². The predicted molar refractivity (Wildman–Crippen MR) is 84.5 cm³/mol. The Kier molecular flexibility index (Phi) is 5.27. The molecule has 26 heavy (non-hydrogen) atoms. The van der Waals surface area contributed by atoms with Crippen LogP contribution in [0.25, 0.3) is 0 Å². The zero-order chi connectivity index (χ0) is 18.5. The van der Waals surface area contributed by atoms with E-state index in [1.807, 2.05) is 5.48 Å². The van der Waals surface area contributed by atoms with Gasteiger partial charge in [-0.25, -0.2) is 13.8 Å². The second-order valence-electron chi connectivity index (χ2n) is 5.34. The van der Waals surface area contributed by atoms with Crippen LogP contribution in [-0.2, 0) is 11.2 Å². The van der Waals surface area contributed by atoms with Gasteiger partial charge in [0, 0.05) is 0 Å². The molecule has 0 radical (unpaired) electrons. The van der Waals surface area contributed by atoms with Gasteiger partial charge in [0.2, 0.25) is 5.69 Å². The fourth-order valence-corrected chi connectivity index (χ4v) is 2.46. The van der Waals surface area contributed by atoms with Gasteiger partial charge in [-0.2, -0.15) is 0 Å². The normalized spacial score (nSPS) is 15.7. The number of aliphatic imine (C=N–C) groups is 1. The molecular formula is C15H16FN5O5. The summed E-state index contributed by atoms with van der Waals surface area (Å²) in [6.07, 6.45) is 0.00736. The Morgan fingerprint density at radius 3 is 3.12 bits per heavy atom. The van der Waals surface area contributed by atoms with Crippen molar-refractivity contribution in [2.24, 2.45) is 4.99 Å². The number of alkyl carbamates (subject to hydrolysis) is 1. The third-order valence-corrected chi connectivity index (χ3v) is 3.75. The third kappa shape index (κ3) is 3.72. The van der Waals surface area contributed by atoms with Gasteiger partial charge in [-0.15, -0.1) is 0 Å². The summed E-state index contributed by atoms with van der Waals surface area (Å²) in [5.41, 5.74) is 3.70. The number of aromatic nitrogens is 2. The number of hydrogen-bond acceptors (Lipinski definition) is 8. The van der Waals surface area contributed by atoms with Gasteiger partial charge >= 0.3 is 6.09 Å². The Labute approximate surface area is 146 Å². The number of carbonyl (C=O) groups is 1. The van der Waals surface area contributed by atoms with Crippen molar-refractivity contribution in [1.82, 2.24) is 21.1 Å². The van der Waals surface area contributed by atoms with Crippen LogP contribution in [0.15, 0.2) is 27.8 Å². The van der Waals surface area contributed by atoms with Crippen molar-refractivity contribution in [2.45, 2.75) is 12.5 Å². The van der Waals surface area contributed by atoms with E-state index >= 15 is 0 Å². The number of hydrogen-bond donors (Lipinski definition) is 3. The van der Waals surface area contributed by atoms with E-state index in [9.17, 15) is 14.4 Å². The second-order valence-corrected chi connectivity index (χ2v) is 5.34. The number of halogens is 1. The molecule has 3 rings (SSSR count). The number of rotatable bonds is 6. The van der Waals surface area contributed by atoms with Crippen LogP contribution in [0.3, 0.4) is 0 Å². The second kappa shape index (κ2) is 7.78. The number of nitrogens with zero attached hydrogens (tertiary/aromatic N) is 3. The Balaban J connectivity index is 1.68. The first-order chi connectivity index (χ1) is 12.6. The Hall–Kier alpha value is -3.21. The summed E-state index contributed by atoms with van der Waals surface area (Å²) in [5.74, 6) is -0.398. The maximum absolute atomic E-state index is 13.4. The number of nitrogens with one attached hydrogen (secondary N) is 2. The van der Waals surface area contributed by atoms with E-state index < -0.39 is 6.09 Å². The van der Waals surface area contributed by atoms with Crippen molar-refractivity contribution in [3.05, 3.63) is 40.8 Å². The SMILES string of the molecule is COC(=O)NCCOc1nonc1C(=N[C@H]1Cc2ccc(F)cc21)NO. The summed E-state index contributed by atoms with van der Waals surface area (Å²) in [4.78, 5) is 15.3. The number of amides is 1. The van der Waals surface area contributed by atoms with Crippen molar-refractivity contribution in [3.8, 4) is 5.88 Å². The molecule has 10 nitrogen and oxygen atoms in total. The molecule has 0 fully saturated rings. The Bertz CT molecular complexity index is 825. The Morgan fingerprint density at radius 2 is 2.35 bits per heavy atom. The van der Waals surface area contributed by atoms with Crippen LogP contribution in [0.5, 0.6) is 5.88 Å². The third-order valence-electron chi connectivity index (χ3n) is 3.75. The lowest BCUT2D eigenvalue weighted by atomic mass is 9.83. The molecule has 1 heterocycles. The van der Waals surface area contributed by atoms with E-state index in [-0.39, 0.29) is 42.4 Å². The highest BCUT2D eigenvalue weighted by Gasteiger charge is 2.28. The molecule has 11 heteroatoms. The highest BCUT2D eigenvalue weighted by atomic mass is 19.1. The first-order valence-electron chi connectivity index (χ1n) is 7.66. The summed E-state index contributed by atoms with van der Waals surface area (Å²) < 4.78 is 27.8. The minimum Gasteiger partial charge on any atom is -0.472 e.